The average molecular weight is 302 g/mol. The number of sulfonamides is 1. The minimum absolute atomic E-state index is 0.157. The van der Waals surface area contributed by atoms with Gasteiger partial charge in [0.2, 0.25) is 10.9 Å². The molecule has 0 atom stereocenters. The van der Waals surface area contributed by atoms with E-state index in [1.165, 1.54) is 0 Å². The molecule has 1 aliphatic rings. The van der Waals surface area contributed by atoms with Crippen LogP contribution in [0.2, 0.25) is 0 Å². The summed E-state index contributed by atoms with van der Waals surface area (Å²) in [5.74, 6) is -1.69. The zero-order valence-electron chi connectivity index (χ0n) is 11.4. The Labute approximate surface area is 117 Å². The van der Waals surface area contributed by atoms with Gasteiger partial charge in [0.05, 0.1) is 0 Å². The third-order valence-corrected chi connectivity index (χ3v) is 5.15. The van der Waals surface area contributed by atoms with Crippen molar-refractivity contribution in [1.29, 1.82) is 0 Å². The van der Waals surface area contributed by atoms with E-state index < -0.39 is 21.8 Å². The van der Waals surface area contributed by atoms with Crippen LogP contribution in [0.25, 0.3) is 0 Å². The summed E-state index contributed by atoms with van der Waals surface area (Å²) in [6, 6.07) is 2.27. The molecule has 1 saturated carbocycles. The summed E-state index contributed by atoms with van der Waals surface area (Å²) in [5.41, 5.74) is -0.157. The van der Waals surface area contributed by atoms with Gasteiger partial charge in [0.1, 0.15) is 0 Å². The van der Waals surface area contributed by atoms with Crippen LogP contribution in [-0.4, -0.2) is 50.6 Å². The summed E-state index contributed by atoms with van der Waals surface area (Å²) in [6.07, 6.45) is 2.94. The smallest absolute Gasteiger partial charge is 0.371 e. The number of hydrogen-bond donors (Lipinski definition) is 2. The van der Waals surface area contributed by atoms with E-state index in [0.29, 0.717) is 0 Å². The van der Waals surface area contributed by atoms with Crippen molar-refractivity contribution in [2.45, 2.75) is 29.9 Å². The number of likely N-dealkylation sites (N-methyl/N-ethyl adjacent to an activating group) is 1. The average Bonchev–Trinajstić information content (AvgIpc) is 2.76. The van der Waals surface area contributed by atoms with Gasteiger partial charge in [-0.15, -0.1) is 0 Å². The SMILES string of the molecule is CN(C)C1(CNS(=O)(=O)c2ccc(C(=O)O)o2)CCC1. The van der Waals surface area contributed by atoms with Gasteiger partial charge in [-0.2, -0.15) is 0 Å². The van der Waals surface area contributed by atoms with Crippen molar-refractivity contribution in [2.75, 3.05) is 20.6 Å². The topological polar surface area (TPSA) is 99.9 Å². The van der Waals surface area contributed by atoms with Crippen LogP contribution < -0.4 is 4.72 Å². The summed E-state index contributed by atoms with van der Waals surface area (Å²) in [5, 5.41) is 8.36. The minimum Gasteiger partial charge on any atom is -0.475 e. The third kappa shape index (κ3) is 2.72. The maximum atomic E-state index is 12.1. The monoisotopic (exact) mass is 302 g/mol. The Bertz CT molecular complexity index is 601. The summed E-state index contributed by atoms with van der Waals surface area (Å²) < 4.78 is 31.4. The van der Waals surface area contributed by atoms with E-state index in [9.17, 15) is 13.2 Å². The number of carboxylic acids is 1. The molecule has 0 unspecified atom stereocenters. The van der Waals surface area contributed by atoms with E-state index in [0.717, 1.165) is 31.4 Å². The van der Waals surface area contributed by atoms with Crippen LogP contribution in [0.4, 0.5) is 0 Å². The summed E-state index contributed by atoms with van der Waals surface area (Å²) in [7, 11) is 0.0165. The number of rotatable bonds is 6. The Hall–Kier alpha value is -1.38. The van der Waals surface area contributed by atoms with Gasteiger partial charge in [0, 0.05) is 12.1 Å². The highest BCUT2D eigenvalue weighted by atomic mass is 32.2. The molecule has 0 aliphatic heterocycles. The first-order valence-corrected chi connectivity index (χ1v) is 7.75. The lowest BCUT2D eigenvalue weighted by Crippen LogP contribution is -2.57. The highest BCUT2D eigenvalue weighted by Crippen LogP contribution is 2.35. The Kier molecular flexibility index (Phi) is 3.90. The standard InChI is InChI=1S/C12H18N2O5S/c1-14(2)12(6-3-7-12)8-13-20(17,18)10-5-4-9(19-10)11(15)16/h4-5,13H,3,6-8H2,1-2H3,(H,15,16). The van der Waals surface area contributed by atoms with E-state index in [1.807, 2.05) is 19.0 Å². The Balaban J connectivity index is 2.09. The molecule has 1 fully saturated rings. The summed E-state index contributed by atoms with van der Waals surface area (Å²) in [4.78, 5) is 12.7. The zero-order chi connectivity index (χ0) is 15.0. The van der Waals surface area contributed by atoms with Gasteiger partial charge in [-0.05, 0) is 45.5 Å². The molecule has 0 radical (unpaired) electrons. The van der Waals surface area contributed by atoms with Gasteiger partial charge < -0.3 is 14.4 Å². The molecule has 8 heteroatoms. The molecule has 1 aliphatic carbocycles. The summed E-state index contributed by atoms with van der Waals surface area (Å²) in [6.45, 7) is 0.283. The van der Waals surface area contributed by atoms with Crippen LogP contribution in [0.5, 0.6) is 0 Å². The molecular weight excluding hydrogens is 284 g/mol. The molecule has 0 saturated heterocycles. The number of carbonyl (C=O) groups is 1. The first-order chi connectivity index (χ1) is 9.27. The van der Waals surface area contributed by atoms with Crippen LogP contribution in [0.15, 0.2) is 21.6 Å². The fourth-order valence-electron chi connectivity index (χ4n) is 2.25. The van der Waals surface area contributed by atoms with Gasteiger partial charge >= 0.3 is 5.97 Å². The van der Waals surface area contributed by atoms with Crippen molar-refractivity contribution in [3.8, 4) is 0 Å². The van der Waals surface area contributed by atoms with Crippen LogP contribution >= 0.6 is 0 Å². The molecule has 2 rings (SSSR count). The van der Waals surface area contributed by atoms with Gasteiger partial charge in [-0.1, -0.05) is 0 Å². The number of aromatic carboxylic acids is 1. The molecule has 0 aromatic carbocycles. The fourth-order valence-corrected chi connectivity index (χ4v) is 3.29. The maximum Gasteiger partial charge on any atom is 0.371 e. The van der Waals surface area contributed by atoms with E-state index in [-0.39, 0.29) is 17.2 Å². The summed E-state index contributed by atoms with van der Waals surface area (Å²) >= 11 is 0. The number of furan rings is 1. The molecule has 20 heavy (non-hydrogen) atoms. The van der Waals surface area contributed by atoms with Crippen LogP contribution in [-0.2, 0) is 10.0 Å². The number of hydrogen-bond acceptors (Lipinski definition) is 5. The second-order valence-electron chi connectivity index (χ2n) is 5.22. The van der Waals surface area contributed by atoms with E-state index in [2.05, 4.69) is 4.72 Å². The van der Waals surface area contributed by atoms with Crippen LogP contribution in [0, 0.1) is 0 Å². The largest absolute Gasteiger partial charge is 0.475 e. The predicted molar refractivity (Wildman–Crippen MR) is 71.1 cm³/mol. The lowest BCUT2D eigenvalue weighted by molar-refractivity contribution is 0.0648. The van der Waals surface area contributed by atoms with Crippen molar-refractivity contribution in [1.82, 2.24) is 9.62 Å². The first kappa shape index (κ1) is 15.0. The molecular formula is C12H18N2O5S. The highest BCUT2D eigenvalue weighted by molar-refractivity contribution is 7.89. The Morgan fingerprint density at radius 2 is 2.10 bits per heavy atom. The van der Waals surface area contributed by atoms with Crippen LogP contribution in [0.1, 0.15) is 29.8 Å². The molecule has 2 N–H and O–H groups in total. The molecule has 7 nitrogen and oxygen atoms in total. The molecule has 112 valence electrons. The molecule has 1 heterocycles. The predicted octanol–water partition coefficient (Wildman–Crippen LogP) is 0.740. The number of nitrogens with one attached hydrogen (secondary N) is 1. The fraction of sp³-hybridized carbons (Fsp3) is 0.583. The van der Waals surface area contributed by atoms with E-state index in [1.54, 1.807) is 0 Å². The Morgan fingerprint density at radius 3 is 2.50 bits per heavy atom. The molecule has 0 bridgehead atoms. The maximum absolute atomic E-state index is 12.1. The zero-order valence-corrected chi connectivity index (χ0v) is 12.2. The number of carboxylic acid groups (broad SMARTS) is 1. The lowest BCUT2D eigenvalue weighted by atomic mass is 9.76. The Morgan fingerprint density at radius 1 is 1.45 bits per heavy atom. The van der Waals surface area contributed by atoms with Crippen molar-refractivity contribution in [3.63, 3.8) is 0 Å². The third-order valence-electron chi connectivity index (χ3n) is 3.88. The number of nitrogens with zero attached hydrogens (tertiary/aromatic N) is 1. The first-order valence-electron chi connectivity index (χ1n) is 6.27. The molecule has 0 spiro atoms. The normalized spacial score (nSPS) is 17.9. The van der Waals surface area contributed by atoms with Gasteiger partial charge in [0.25, 0.3) is 10.0 Å². The van der Waals surface area contributed by atoms with Crippen molar-refractivity contribution < 1.29 is 22.7 Å². The lowest BCUT2D eigenvalue weighted by Gasteiger charge is -2.47. The van der Waals surface area contributed by atoms with Crippen LogP contribution in [0.3, 0.4) is 0 Å². The molecule has 0 amide bonds. The molecule has 1 aromatic rings. The highest BCUT2D eigenvalue weighted by Gasteiger charge is 2.40. The molecule has 1 aromatic heterocycles. The van der Waals surface area contributed by atoms with Gasteiger partial charge in [-0.25, -0.2) is 17.9 Å². The van der Waals surface area contributed by atoms with Gasteiger partial charge in [-0.3, -0.25) is 0 Å². The second kappa shape index (κ2) is 5.19. The van der Waals surface area contributed by atoms with Crippen molar-refractivity contribution in [2.24, 2.45) is 0 Å². The van der Waals surface area contributed by atoms with E-state index >= 15 is 0 Å². The van der Waals surface area contributed by atoms with Crippen molar-refractivity contribution in [3.05, 3.63) is 17.9 Å². The van der Waals surface area contributed by atoms with Crippen molar-refractivity contribution >= 4 is 16.0 Å². The minimum atomic E-state index is -3.82. The van der Waals surface area contributed by atoms with E-state index in [4.69, 9.17) is 9.52 Å². The quantitative estimate of drug-likeness (QED) is 0.804. The second-order valence-corrected chi connectivity index (χ2v) is 6.92. The van der Waals surface area contributed by atoms with Gasteiger partial charge in [0.15, 0.2) is 0 Å².